The highest BCUT2D eigenvalue weighted by Gasteiger charge is 2.44. The van der Waals surface area contributed by atoms with Gasteiger partial charge in [0, 0.05) is 0 Å². The number of benzene rings is 1. The lowest BCUT2D eigenvalue weighted by Crippen LogP contribution is -2.46. The molecule has 2 rings (SSSR count). The molecular weight excluding hydrogens is 224 g/mol. The lowest BCUT2D eigenvalue weighted by Gasteiger charge is -2.44. The van der Waals surface area contributed by atoms with E-state index in [0.29, 0.717) is 18.8 Å². The van der Waals surface area contributed by atoms with Crippen molar-refractivity contribution in [2.24, 2.45) is 11.3 Å². The van der Waals surface area contributed by atoms with Crippen LogP contribution in [-0.4, -0.2) is 16.3 Å². The first kappa shape index (κ1) is 13.6. The zero-order valence-electron chi connectivity index (χ0n) is 11.6. The van der Waals surface area contributed by atoms with Crippen LogP contribution in [0, 0.1) is 11.3 Å². The third-order valence-electron chi connectivity index (χ3n) is 4.43. The standard InChI is InChI=1S/C16H24O2/c1-15(2,3)13-9-10-16(18,14(17)11-13)12-7-5-4-6-8-12/h4-8,13-14,17-18H,9-11H2,1-3H3/t13-,14-,16+/m0/s1. The molecular formula is C16H24O2. The average molecular weight is 248 g/mol. The van der Waals surface area contributed by atoms with Gasteiger partial charge in [-0.25, -0.2) is 0 Å². The number of aliphatic hydroxyl groups excluding tert-OH is 1. The molecule has 2 nitrogen and oxygen atoms in total. The van der Waals surface area contributed by atoms with E-state index in [1.165, 1.54) is 0 Å². The Morgan fingerprint density at radius 3 is 2.28 bits per heavy atom. The van der Waals surface area contributed by atoms with Crippen molar-refractivity contribution in [3.05, 3.63) is 35.9 Å². The van der Waals surface area contributed by atoms with Crippen molar-refractivity contribution >= 4 is 0 Å². The first-order valence-electron chi connectivity index (χ1n) is 6.80. The van der Waals surface area contributed by atoms with E-state index < -0.39 is 11.7 Å². The first-order chi connectivity index (χ1) is 8.34. The summed E-state index contributed by atoms with van der Waals surface area (Å²) in [6, 6.07) is 9.56. The van der Waals surface area contributed by atoms with Crippen LogP contribution in [0.15, 0.2) is 30.3 Å². The van der Waals surface area contributed by atoms with Gasteiger partial charge in [-0.2, -0.15) is 0 Å². The van der Waals surface area contributed by atoms with Crippen molar-refractivity contribution < 1.29 is 10.2 Å². The molecule has 1 aromatic rings. The van der Waals surface area contributed by atoms with Crippen molar-refractivity contribution in [3.8, 4) is 0 Å². The van der Waals surface area contributed by atoms with Crippen LogP contribution in [0.2, 0.25) is 0 Å². The molecule has 0 saturated heterocycles. The van der Waals surface area contributed by atoms with E-state index in [1.54, 1.807) is 0 Å². The molecule has 18 heavy (non-hydrogen) atoms. The third-order valence-corrected chi connectivity index (χ3v) is 4.43. The fraction of sp³-hybridized carbons (Fsp3) is 0.625. The Kier molecular flexibility index (Phi) is 3.52. The van der Waals surface area contributed by atoms with Gasteiger partial charge in [-0.15, -0.1) is 0 Å². The molecule has 1 aromatic carbocycles. The molecule has 0 bridgehead atoms. The molecule has 0 radical (unpaired) electrons. The Bertz CT molecular complexity index is 393. The fourth-order valence-electron chi connectivity index (χ4n) is 2.99. The minimum atomic E-state index is -1.07. The van der Waals surface area contributed by atoms with Gasteiger partial charge in [0.1, 0.15) is 5.60 Å². The van der Waals surface area contributed by atoms with Gasteiger partial charge in [0.25, 0.3) is 0 Å². The maximum absolute atomic E-state index is 10.7. The van der Waals surface area contributed by atoms with E-state index in [1.807, 2.05) is 30.3 Å². The summed E-state index contributed by atoms with van der Waals surface area (Å²) in [5.74, 6) is 0.469. The number of rotatable bonds is 1. The summed E-state index contributed by atoms with van der Waals surface area (Å²) >= 11 is 0. The molecule has 0 unspecified atom stereocenters. The van der Waals surface area contributed by atoms with Crippen molar-refractivity contribution in [2.45, 2.75) is 51.7 Å². The van der Waals surface area contributed by atoms with Gasteiger partial charge in [-0.3, -0.25) is 0 Å². The van der Waals surface area contributed by atoms with Crippen molar-refractivity contribution in [1.29, 1.82) is 0 Å². The quantitative estimate of drug-likeness (QED) is 0.802. The van der Waals surface area contributed by atoms with Crippen LogP contribution in [0.25, 0.3) is 0 Å². The average Bonchev–Trinajstić information content (AvgIpc) is 2.32. The van der Waals surface area contributed by atoms with E-state index in [2.05, 4.69) is 20.8 Å². The van der Waals surface area contributed by atoms with Gasteiger partial charge in [0.2, 0.25) is 0 Å². The Balaban J connectivity index is 2.19. The van der Waals surface area contributed by atoms with Crippen molar-refractivity contribution in [1.82, 2.24) is 0 Å². The monoisotopic (exact) mass is 248 g/mol. The molecule has 0 amide bonds. The molecule has 0 spiro atoms. The predicted molar refractivity (Wildman–Crippen MR) is 73.1 cm³/mol. The van der Waals surface area contributed by atoms with Gasteiger partial charge < -0.3 is 10.2 Å². The van der Waals surface area contributed by atoms with Crippen LogP contribution in [0.4, 0.5) is 0 Å². The minimum Gasteiger partial charge on any atom is -0.390 e. The van der Waals surface area contributed by atoms with Gasteiger partial charge in [-0.1, -0.05) is 51.1 Å². The van der Waals surface area contributed by atoms with Crippen LogP contribution in [-0.2, 0) is 5.60 Å². The summed E-state index contributed by atoms with van der Waals surface area (Å²) in [5.41, 5.74) is -0.0352. The summed E-state index contributed by atoms with van der Waals surface area (Å²) < 4.78 is 0. The highest BCUT2D eigenvalue weighted by molar-refractivity contribution is 5.24. The first-order valence-corrected chi connectivity index (χ1v) is 6.80. The largest absolute Gasteiger partial charge is 0.390 e. The summed E-state index contributed by atoms with van der Waals surface area (Å²) in [4.78, 5) is 0. The molecule has 0 heterocycles. The second-order valence-corrected chi connectivity index (χ2v) is 6.64. The SMILES string of the molecule is CC(C)(C)[C@H]1CC[C@@](O)(c2ccccc2)[C@@H](O)C1. The summed E-state index contributed by atoms with van der Waals surface area (Å²) in [5, 5.41) is 21.1. The lowest BCUT2D eigenvalue weighted by molar-refractivity contribution is -0.128. The minimum absolute atomic E-state index is 0.193. The highest BCUT2D eigenvalue weighted by atomic mass is 16.3. The van der Waals surface area contributed by atoms with E-state index in [-0.39, 0.29) is 5.41 Å². The Labute approximate surface area is 110 Å². The molecule has 1 saturated carbocycles. The second kappa shape index (κ2) is 4.67. The summed E-state index contributed by atoms with van der Waals surface area (Å²) in [6.07, 6.45) is 1.61. The molecule has 2 heteroatoms. The molecule has 2 N–H and O–H groups in total. The normalized spacial score (nSPS) is 33.4. The maximum atomic E-state index is 10.7. The molecule has 1 aliphatic rings. The Morgan fingerprint density at radius 2 is 1.78 bits per heavy atom. The number of hydrogen-bond donors (Lipinski definition) is 2. The van der Waals surface area contributed by atoms with E-state index in [0.717, 1.165) is 12.0 Å². The number of aliphatic hydroxyl groups is 2. The van der Waals surface area contributed by atoms with Crippen LogP contribution in [0.5, 0.6) is 0 Å². The lowest BCUT2D eigenvalue weighted by atomic mass is 9.65. The van der Waals surface area contributed by atoms with Gasteiger partial charge in [0.05, 0.1) is 6.10 Å². The number of hydrogen-bond acceptors (Lipinski definition) is 2. The van der Waals surface area contributed by atoms with Crippen molar-refractivity contribution in [3.63, 3.8) is 0 Å². The molecule has 0 aromatic heterocycles. The summed E-state index contributed by atoms with van der Waals surface area (Å²) in [7, 11) is 0. The van der Waals surface area contributed by atoms with Gasteiger partial charge in [0.15, 0.2) is 0 Å². The van der Waals surface area contributed by atoms with E-state index >= 15 is 0 Å². The maximum Gasteiger partial charge on any atom is 0.115 e. The molecule has 1 fully saturated rings. The molecule has 100 valence electrons. The van der Waals surface area contributed by atoms with Crippen LogP contribution in [0.1, 0.15) is 45.6 Å². The predicted octanol–water partition coefficient (Wildman–Crippen LogP) is 3.08. The Hall–Kier alpha value is -0.860. The fourth-order valence-corrected chi connectivity index (χ4v) is 2.99. The van der Waals surface area contributed by atoms with Gasteiger partial charge >= 0.3 is 0 Å². The Morgan fingerprint density at radius 1 is 1.17 bits per heavy atom. The topological polar surface area (TPSA) is 40.5 Å². The van der Waals surface area contributed by atoms with E-state index in [4.69, 9.17) is 0 Å². The molecule has 0 aliphatic heterocycles. The second-order valence-electron chi connectivity index (χ2n) is 6.64. The third kappa shape index (κ3) is 2.45. The van der Waals surface area contributed by atoms with Crippen LogP contribution in [0.3, 0.4) is 0 Å². The molecule has 3 atom stereocenters. The highest BCUT2D eigenvalue weighted by Crippen LogP contribution is 2.45. The summed E-state index contributed by atoms with van der Waals surface area (Å²) in [6.45, 7) is 6.62. The van der Waals surface area contributed by atoms with Crippen LogP contribution < -0.4 is 0 Å². The molecule has 1 aliphatic carbocycles. The zero-order valence-corrected chi connectivity index (χ0v) is 11.6. The van der Waals surface area contributed by atoms with E-state index in [9.17, 15) is 10.2 Å². The van der Waals surface area contributed by atoms with Crippen LogP contribution >= 0.6 is 0 Å². The smallest absolute Gasteiger partial charge is 0.115 e. The zero-order chi connectivity index (χ0) is 13.4. The van der Waals surface area contributed by atoms with Crippen molar-refractivity contribution in [2.75, 3.05) is 0 Å². The van der Waals surface area contributed by atoms with Gasteiger partial charge in [-0.05, 0) is 36.2 Å².